The van der Waals surface area contributed by atoms with Crippen molar-refractivity contribution in [2.75, 3.05) is 5.32 Å². The van der Waals surface area contributed by atoms with E-state index in [0.717, 1.165) is 42.8 Å². The number of pyridine rings is 1. The molecule has 0 aromatic carbocycles. The maximum absolute atomic E-state index is 6.22. The van der Waals surface area contributed by atoms with E-state index in [1.54, 1.807) is 24.8 Å². The largest absolute Gasteiger partial charge is 0.367 e. The van der Waals surface area contributed by atoms with Gasteiger partial charge in [-0.15, -0.1) is 0 Å². The quantitative estimate of drug-likeness (QED) is 0.911. The summed E-state index contributed by atoms with van der Waals surface area (Å²) in [6, 6.07) is 2.70. The van der Waals surface area contributed by atoms with Crippen molar-refractivity contribution in [3.05, 3.63) is 35.9 Å². The lowest BCUT2D eigenvalue weighted by Gasteiger charge is -2.27. The number of hydrogen-bond acceptors (Lipinski definition) is 5. The Morgan fingerprint density at radius 3 is 2.62 bits per heavy atom. The van der Waals surface area contributed by atoms with Crippen molar-refractivity contribution in [2.45, 2.75) is 37.8 Å². The first-order chi connectivity index (χ1) is 10.2. The summed E-state index contributed by atoms with van der Waals surface area (Å²) >= 11 is 6.22. The molecule has 2 heterocycles. The van der Waals surface area contributed by atoms with Crippen LogP contribution in [0.4, 0.5) is 5.82 Å². The SMILES string of the molecule is NC1CCC(Nc2cc(-c3cnccn3)c(Cl)cn2)CC1. The van der Waals surface area contributed by atoms with Crippen molar-refractivity contribution < 1.29 is 0 Å². The van der Waals surface area contributed by atoms with Crippen molar-refractivity contribution in [3.63, 3.8) is 0 Å². The second-order valence-electron chi connectivity index (χ2n) is 5.40. The normalized spacial score (nSPS) is 22.0. The molecule has 0 atom stereocenters. The first kappa shape index (κ1) is 14.2. The summed E-state index contributed by atoms with van der Waals surface area (Å²) in [7, 11) is 0. The first-order valence-electron chi connectivity index (χ1n) is 7.16. The maximum Gasteiger partial charge on any atom is 0.126 e. The van der Waals surface area contributed by atoms with Crippen LogP contribution in [0.1, 0.15) is 25.7 Å². The predicted octanol–water partition coefficient (Wildman–Crippen LogP) is 2.87. The van der Waals surface area contributed by atoms with Gasteiger partial charge in [-0.05, 0) is 31.7 Å². The highest BCUT2D eigenvalue weighted by molar-refractivity contribution is 6.33. The fourth-order valence-corrected chi connectivity index (χ4v) is 2.82. The number of rotatable bonds is 3. The number of halogens is 1. The lowest BCUT2D eigenvalue weighted by molar-refractivity contribution is 0.410. The van der Waals surface area contributed by atoms with Gasteiger partial charge in [0, 0.05) is 36.2 Å². The summed E-state index contributed by atoms with van der Waals surface area (Å²) in [6.45, 7) is 0. The van der Waals surface area contributed by atoms with E-state index in [1.807, 2.05) is 6.07 Å². The van der Waals surface area contributed by atoms with Gasteiger partial charge in [0.1, 0.15) is 5.82 Å². The standard InChI is InChI=1S/C15H18ClN5/c16-13-8-20-15(21-11-3-1-10(17)2-4-11)7-12(13)14-9-18-5-6-19-14/h5-11H,1-4,17H2,(H,20,21). The average Bonchev–Trinajstić information content (AvgIpc) is 2.52. The molecular weight excluding hydrogens is 286 g/mol. The molecule has 0 radical (unpaired) electrons. The highest BCUT2D eigenvalue weighted by atomic mass is 35.5. The van der Waals surface area contributed by atoms with Crippen molar-refractivity contribution in [2.24, 2.45) is 5.73 Å². The minimum atomic E-state index is 0.344. The molecule has 1 aliphatic rings. The molecule has 110 valence electrons. The smallest absolute Gasteiger partial charge is 0.126 e. The van der Waals surface area contributed by atoms with E-state index in [0.29, 0.717) is 17.1 Å². The van der Waals surface area contributed by atoms with Gasteiger partial charge in [-0.3, -0.25) is 9.97 Å². The van der Waals surface area contributed by atoms with Gasteiger partial charge >= 0.3 is 0 Å². The minimum Gasteiger partial charge on any atom is -0.367 e. The Morgan fingerprint density at radius 1 is 1.10 bits per heavy atom. The van der Waals surface area contributed by atoms with Crippen LogP contribution in [-0.2, 0) is 0 Å². The fraction of sp³-hybridized carbons (Fsp3) is 0.400. The Kier molecular flexibility index (Phi) is 4.31. The van der Waals surface area contributed by atoms with Crippen LogP contribution in [-0.4, -0.2) is 27.0 Å². The molecule has 0 saturated heterocycles. The van der Waals surface area contributed by atoms with Gasteiger partial charge in [0.2, 0.25) is 0 Å². The van der Waals surface area contributed by atoms with Crippen LogP contribution in [0.25, 0.3) is 11.3 Å². The predicted molar refractivity (Wildman–Crippen MR) is 84.1 cm³/mol. The fourth-order valence-electron chi connectivity index (χ4n) is 2.62. The molecule has 2 aromatic rings. The van der Waals surface area contributed by atoms with Crippen LogP contribution >= 0.6 is 11.6 Å². The Bertz CT molecular complexity index is 596. The van der Waals surface area contributed by atoms with Crippen molar-refractivity contribution in [3.8, 4) is 11.3 Å². The van der Waals surface area contributed by atoms with E-state index in [-0.39, 0.29) is 0 Å². The van der Waals surface area contributed by atoms with Crippen LogP contribution in [0.2, 0.25) is 5.02 Å². The van der Waals surface area contributed by atoms with Gasteiger partial charge in [-0.1, -0.05) is 11.6 Å². The minimum absolute atomic E-state index is 0.344. The zero-order valence-electron chi connectivity index (χ0n) is 11.7. The van der Waals surface area contributed by atoms with Crippen molar-refractivity contribution in [1.82, 2.24) is 15.0 Å². The molecule has 5 nitrogen and oxygen atoms in total. The molecule has 0 amide bonds. The highest BCUT2D eigenvalue weighted by Gasteiger charge is 2.19. The van der Waals surface area contributed by atoms with Crippen LogP contribution in [0.5, 0.6) is 0 Å². The van der Waals surface area contributed by atoms with Gasteiger partial charge in [0.05, 0.1) is 16.9 Å². The third-order valence-corrected chi connectivity index (χ3v) is 4.12. The van der Waals surface area contributed by atoms with E-state index in [9.17, 15) is 0 Å². The zero-order chi connectivity index (χ0) is 14.7. The monoisotopic (exact) mass is 303 g/mol. The number of nitrogens with two attached hydrogens (primary N) is 1. The summed E-state index contributed by atoms with van der Waals surface area (Å²) in [5.74, 6) is 0.820. The number of aromatic nitrogens is 3. The third kappa shape index (κ3) is 3.49. The maximum atomic E-state index is 6.22. The molecule has 0 bridgehead atoms. The van der Waals surface area contributed by atoms with Gasteiger partial charge in [0.25, 0.3) is 0 Å². The summed E-state index contributed by atoms with van der Waals surface area (Å²) in [4.78, 5) is 12.7. The number of nitrogens with one attached hydrogen (secondary N) is 1. The molecule has 0 spiro atoms. The van der Waals surface area contributed by atoms with Crippen molar-refractivity contribution in [1.29, 1.82) is 0 Å². The highest BCUT2D eigenvalue weighted by Crippen LogP contribution is 2.28. The number of anilines is 1. The second kappa shape index (κ2) is 6.37. The summed E-state index contributed by atoms with van der Waals surface area (Å²) < 4.78 is 0. The molecule has 1 fully saturated rings. The molecule has 0 unspecified atom stereocenters. The Morgan fingerprint density at radius 2 is 1.90 bits per heavy atom. The van der Waals surface area contributed by atoms with Gasteiger partial charge < -0.3 is 11.1 Å². The zero-order valence-corrected chi connectivity index (χ0v) is 12.4. The van der Waals surface area contributed by atoms with E-state index in [1.165, 1.54) is 0 Å². The molecular formula is C15H18ClN5. The first-order valence-corrected chi connectivity index (χ1v) is 7.54. The van der Waals surface area contributed by atoms with Crippen LogP contribution < -0.4 is 11.1 Å². The van der Waals surface area contributed by atoms with Gasteiger partial charge in [0.15, 0.2) is 0 Å². The molecule has 2 aromatic heterocycles. The summed E-state index contributed by atoms with van der Waals surface area (Å²) in [6.07, 6.45) is 10.9. The number of hydrogen-bond donors (Lipinski definition) is 2. The number of nitrogens with zero attached hydrogens (tertiary/aromatic N) is 3. The topological polar surface area (TPSA) is 76.7 Å². The van der Waals surface area contributed by atoms with Crippen LogP contribution in [0.3, 0.4) is 0 Å². The molecule has 3 N–H and O–H groups in total. The molecule has 0 aliphatic heterocycles. The molecule has 1 aliphatic carbocycles. The van der Waals surface area contributed by atoms with Crippen LogP contribution in [0.15, 0.2) is 30.9 Å². The molecule has 21 heavy (non-hydrogen) atoms. The second-order valence-corrected chi connectivity index (χ2v) is 5.80. The van der Waals surface area contributed by atoms with E-state index in [4.69, 9.17) is 17.3 Å². The Balaban J connectivity index is 1.78. The Hall–Kier alpha value is -1.72. The van der Waals surface area contributed by atoms with Gasteiger partial charge in [-0.25, -0.2) is 4.98 Å². The van der Waals surface area contributed by atoms with E-state index in [2.05, 4.69) is 20.3 Å². The molecule has 6 heteroatoms. The third-order valence-electron chi connectivity index (χ3n) is 3.82. The Labute approximate surface area is 129 Å². The van der Waals surface area contributed by atoms with Crippen LogP contribution in [0, 0.1) is 0 Å². The summed E-state index contributed by atoms with van der Waals surface area (Å²) in [5, 5.41) is 4.04. The average molecular weight is 304 g/mol. The molecule has 3 rings (SSSR count). The lowest BCUT2D eigenvalue weighted by Crippen LogP contribution is -2.33. The van der Waals surface area contributed by atoms with Crippen molar-refractivity contribution >= 4 is 17.4 Å². The summed E-state index contributed by atoms with van der Waals surface area (Å²) in [5.41, 5.74) is 7.53. The van der Waals surface area contributed by atoms with Gasteiger partial charge in [-0.2, -0.15) is 0 Å². The van der Waals surface area contributed by atoms with E-state index >= 15 is 0 Å². The lowest BCUT2D eigenvalue weighted by atomic mass is 9.92. The van der Waals surface area contributed by atoms with E-state index < -0.39 is 0 Å². The molecule has 1 saturated carbocycles.